The van der Waals surface area contributed by atoms with E-state index in [9.17, 15) is 5.11 Å². The van der Waals surface area contributed by atoms with Crippen LogP contribution in [0.5, 0.6) is 0 Å². The normalized spacial score (nSPS) is 18.5. The average Bonchev–Trinajstić information content (AvgIpc) is 2.15. The quantitative estimate of drug-likeness (QED) is 0.219. The molecule has 0 amide bonds. The van der Waals surface area contributed by atoms with Gasteiger partial charge in [0, 0.05) is 24.8 Å². The number of nitrogens with zero attached hydrogens (tertiary/aromatic N) is 1. The number of oxime groups is 1. The van der Waals surface area contributed by atoms with Crippen LogP contribution in [0.2, 0.25) is 0 Å². The van der Waals surface area contributed by atoms with Gasteiger partial charge in [0.2, 0.25) is 0 Å². The molecule has 5 nitrogen and oxygen atoms in total. The molecule has 15 heavy (non-hydrogen) atoms. The van der Waals surface area contributed by atoms with E-state index >= 15 is 0 Å². The molecule has 2 atom stereocenters. The van der Waals surface area contributed by atoms with Crippen LogP contribution in [0.1, 0.15) is 20.3 Å². The van der Waals surface area contributed by atoms with Crippen LogP contribution in [0.15, 0.2) is 5.16 Å². The van der Waals surface area contributed by atoms with Crippen LogP contribution in [-0.4, -0.2) is 46.3 Å². The molecular formula is C9H21N3O2S. The molecule has 0 aliphatic heterocycles. The van der Waals surface area contributed by atoms with Gasteiger partial charge in [-0.3, -0.25) is 0 Å². The molecule has 0 aromatic heterocycles. The fraction of sp³-hybridized carbons (Fsp3) is 0.889. The van der Waals surface area contributed by atoms with E-state index in [0.29, 0.717) is 18.7 Å². The largest absolute Gasteiger partial charge is 0.409 e. The smallest absolute Gasteiger partial charge is 0.140 e. The maximum atomic E-state index is 9.86. The number of nitrogens with two attached hydrogens (primary N) is 1. The van der Waals surface area contributed by atoms with Crippen LogP contribution in [0.25, 0.3) is 0 Å². The highest BCUT2D eigenvalue weighted by molar-refractivity contribution is 7.98. The molecule has 2 unspecified atom stereocenters. The standard InChI is InChI=1S/C9H21N3O2S/c1-7(4-8(10)12-14)11-5-9(2,13)6-15-3/h7,11,13-14H,4-6H2,1-3H3,(H2,10,12). The Kier molecular flexibility index (Phi) is 6.71. The number of aliphatic hydroxyl groups is 1. The van der Waals surface area contributed by atoms with Crippen LogP contribution in [-0.2, 0) is 0 Å². The predicted octanol–water partition coefficient (Wildman–Crippen LogP) is 0.215. The Hall–Kier alpha value is -0.460. The minimum Gasteiger partial charge on any atom is -0.409 e. The second-order valence-corrected chi connectivity index (χ2v) is 4.87. The van der Waals surface area contributed by atoms with Crippen molar-refractivity contribution >= 4 is 17.6 Å². The summed E-state index contributed by atoms with van der Waals surface area (Å²) in [7, 11) is 0. The van der Waals surface area contributed by atoms with Crippen molar-refractivity contribution in [2.24, 2.45) is 10.9 Å². The van der Waals surface area contributed by atoms with Gasteiger partial charge in [-0.15, -0.1) is 0 Å². The molecule has 0 saturated carbocycles. The third kappa shape index (κ3) is 7.47. The molecule has 0 bridgehead atoms. The van der Waals surface area contributed by atoms with Crippen LogP contribution in [0, 0.1) is 0 Å². The molecule has 0 radical (unpaired) electrons. The Labute approximate surface area is 95.1 Å². The summed E-state index contributed by atoms with van der Waals surface area (Å²) >= 11 is 1.60. The number of nitrogens with one attached hydrogen (secondary N) is 1. The zero-order chi connectivity index (χ0) is 11.9. The van der Waals surface area contributed by atoms with Gasteiger partial charge in [-0.25, -0.2) is 0 Å². The first kappa shape index (κ1) is 14.5. The number of thioether (sulfide) groups is 1. The maximum absolute atomic E-state index is 9.86. The van der Waals surface area contributed by atoms with Crippen LogP contribution in [0.4, 0.5) is 0 Å². The third-order valence-electron chi connectivity index (χ3n) is 1.93. The Balaban J connectivity index is 3.84. The number of rotatable bonds is 7. The average molecular weight is 235 g/mol. The van der Waals surface area contributed by atoms with Gasteiger partial charge in [0.15, 0.2) is 0 Å². The molecule has 5 N–H and O–H groups in total. The molecule has 0 rings (SSSR count). The summed E-state index contributed by atoms with van der Waals surface area (Å²) in [6.45, 7) is 4.20. The SMILES string of the molecule is CSCC(C)(O)CNC(C)CC(N)=NO. The highest BCUT2D eigenvalue weighted by Gasteiger charge is 2.20. The van der Waals surface area contributed by atoms with E-state index in [0.717, 1.165) is 0 Å². The van der Waals surface area contributed by atoms with Crippen molar-refractivity contribution in [3.8, 4) is 0 Å². The molecule has 0 heterocycles. The van der Waals surface area contributed by atoms with Crippen LogP contribution in [0.3, 0.4) is 0 Å². The van der Waals surface area contributed by atoms with Gasteiger partial charge < -0.3 is 21.4 Å². The zero-order valence-corrected chi connectivity index (χ0v) is 10.3. The minimum atomic E-state index is -0.723. The van der Waals surface area contributed by atoms with Gasteiger partial charge in [0.1, 0.15) is 5.84 Å². The number of hydrogen-bond acceptors (Lipinski definition) is 5. The van der Waals surface area contributed by atoms with Crippen molar-refractivity contribution in [1.82, 2.24) is 5.32 Å². The molecule has 0 fully saturated rings. The van der Waals surface area contributed by atoms with Gasteiger partial charge >= 0.3 is 0 Å². The Morgan fingerprint density at radius 2 is 2.27 bits per heavy atom. The lowest BCUT2D eigenvalue weighted by atomic mass is 10.1. The molecular weight excluding hydrogens is 214 g/mol. The van der Waals surface area contributed by atoms with Gasteiger partial charge in [-0.1, -0.05) is 5.16 Å². The summed E-state index contributed by atoms with van der Waals surface area (Å²) in [5.41, 5.74) is 4.64. The van der Waals surface area contributed by atoms with E-state index in [1.807, 2.05) is 13.2 Å². The fourth-order valence-electron chi connectivity index (χ4n) is 1.18. The van der Waals surface area contributed by atoms with E-state index in [1.165, 1.54) is 0 Å². The lowest BCUT2D eigenvalue weighted by molar-refractivity contribution is 0.0822. The molecule has 0 spiro atoms. The number of amidine groups is 1. The summed E-state index contributed by atoms with van der Waals surface area (Å²) < 4.78 is 0. The van der Waals surface area contributed by atoms with Gasteiger partial charge in [-0.05, 0) is 20.1 Å². The summed E-state index contributed by atoms with van der Waals surface area (Å²) in [6, 6.07) is 0.0780. The molecule has 0 aliphatic carbocycles. The van der Waals surface area contributed by atoms with Crippen molar-refractivity contribution in [1.29, 1.82) is 0 Å². The molecule has 0 aliphatic rings. The van der Waals surface area contributed by atoms with Crippen molar-refractivity contribution in [3.63, 3.8) is 0 Å². The highest BCUT2D eigenvalue weighted by atomic mass is 32.2. The first-order valence-corrected chi connectivity index (χ1v) is 6.22. The zero-order valence-electron chi connectivity index (χ0n) is 9.53. The fourth-order valence-corrected chi connectivity index (χ4v) is 1.91. The van der Waals surface area contributed by atoms with E-state index in [-0.39, 0.29) is 11.9 Å². The second kappa shape index (κ2) is 6.92. The lowest BCUT2D eigenvalue weighted by Gasteiger charge is -2.25. The Bertz CT molecular complexity index is 210. The van der Waals surface area contributed by atoms with Crippen LogP contribution < -0.4 is 11.1 Å². The van der Waals surface area contributed by atoms with Crippen LogP contribution >= 0.6 is 11.8 Å². The highest BCUT2D eigenvalue weighted by Crippen LogP contribution is 2.09. The van der Waals surface area contributed by atoms with E-state index in [2.05, 4.69) is 10.5 Å². The van der Waals surface area contributed by atoms with Gasteiger partial charge in [0.25, 0.3) is 0 Å². The predicted molar refractivity (Wildman–Crippen MR) is 64.5 cm³/mol. The number of hydrogen-bond donors (Lipinski definition) is 4. The Morgan fingerprint density at radius 3 is 2.73 bits per heavy atom. The molecule has 0 saturated heterocycles. The topological polar surface area (TPSA) is 90.9 Å². The molecule has 0 aromatic carbocycles. The third-order valence-corrected chi connectivity index (χ3v) is 2.84. The summed E-state index contributed by atoms with van der Waals surface area (Å²) in [5.74, 6) is 0.871. The van der Waals surface area contributed by atoms with Crippen molar-refractivity contribution in [2.45, 2.75) is 31.9 Å². The minimum absolute atomic E-state index is 0.0780. The van der Waals surface area contributed by atoms with Crippen molar-refractivity contribution in [3.05, 3.63) is 0 Å². The molecule has 90 valence electrons. The lowest BCUT2D eigenvalue weighted by Crippen LogP contribution is -2.44. The molecule has 0 aromatic rings. The van der Waals surface area contributed by atoms with Gasteiger partial charge in [0.05, 0.1) is 5.60 Å². The van der Waals surface area contributed by atoms with Gasteiger partial charge in [-0.2, -0.15) is 11.8 Å². The van der Waals surface area contributed by atoms with E-state index in [1.54, 1.807) is 18.7 Å². The van der Waals surface area contributed by atoms with E-state index < -0.39 is 5.60 Å². The maximum Gasteiger partial charge on any atom is 0.140 e. The van der Waals surface area contributed by atoms with E-state index in [4.69, 9.17) is 10.9 Å². The Morgan fingerprint density at radius 1 is 1.67 bits per heavy atom. The first-order valence-electron chi connectivity index (χ1n) is 4.82. The second-order valence-electron chi connectivity index (χ2n) is 4.01. The summed E-state index contributed by atoms with van der Waals surface area (Å²) in [6.07, 6.45) is 2.42. The van der Waals surface area contributed by atoms with Crippen molar-refractivity contribution in [2.75, 3.05) is 18.6 Å². The monoisotopic (exact) mass is 235 g/mol. The first-order chi connectivity index (χ1) is 6.91. The molecule has 6 heteroatoms. The summed E-state index contributed by atoms with van der Waals surface area (Å²) in [4.78, 5) is 0. The van der Waals surface area contributed by atoms with Crippen molar-refractivity contribution < 1.29 is 10.3 Å². The summed E-state index contributed by atoms with van der Waals surface area (Å²) in [5, 5.41) is 24.3.